The van der Waals surface area contributed by atoms with Gasteiger partial charge in [0, 0.05) is 0 Å². The number of alkyl halides is 5. The molecule has 0 unspecified atom stereocenters. The summed E-state index contributed by atoms with van der Waals surface area (Å²) in [6.07, 6.45) is -5.51. The van der Waals surface area contributed by atoms with Crippen LogP contribution in [0.4, 0.5) is 22.0 Å². The molecular weight excluding hydrogens is 181 g/mol. The van der Waals surface area contributed by atoms with Crippen molar-refractivity contribution in [2.24, 2.45) is 0 Å². The van der Waals surface area contributed by atoms with E-state index in [0.29, 0.717) is 0 Å². The van der Waals surface area contributed by atoms with Crippen molar-refractivity contribution in [3.05, 3.63) is 0 Å². The van der Waals surface area contributed by atoms with E-state index in [2.05, 4.69) is 0 Å². The molecule has 0 heterocycles. The van der Waals surface area contributed by atoms with E-state index in [0.717, 1.165) is 20.9 Å². The van der Waals surface area contributed by atoms with Gasteiger partial charge in [-0.05, 0) is 20.9 Å². The van der Waals surface area contributed by atoms with Crippen molar-refractivity contribution >= 4 is 0 Å². The molecular formula is C6H10F5N. The summed E-state index contributed by atoms with van der Waals surface area (Å²) in [5.41, 5.74) is -2.29. The van der Waals surface area contributed by atoms with Gasteiger partial charge >= 0.3 is 12.1 Å². The van der Waals surface area contributed by atoms with Crippen LogP contribution in [0.2, 0.25) is 0 Å². The Morgan fingerprint density at radius 3 is 1.33 bits per heavy atom. The predicted octanol–water partition coefficient (Wildman–Crippen LogP) is 2.18. The number of nitrogens with one attached hydrogen (secondary N) is 1. The Bertz CT molecular complexity index is 160. The summed E-state index contributed by atoms with van der Waals surface area (Å²) in [7, 11) is 1.06. The average molecular weight is 191 g/mol. The average Bonchev–Trinajstić information content (AvgIpc) is 1.85. The van der Waals surface area contributed by atoms with Crippen LogP contribution in [-0.2, 0) is 0 Å². The Morgan fingerprint density at radius 2 is 1.25 bits per heavy atom. The van der Waals surface area contributed by atoms with Crippen molar-refractivity contribution in [2.75, 3.05) is 7.05 Å². The third kappa shape index (κ3) is 1.68. The first-order valence-corrected chi connectivity index (χ1v) is 3.19. The van der Waals surface area contributed by atoms with Crippen LogP contribution in [-0.4, -0.2) is 24.7 Å². The molecule has 0 aliphatic rings. The lowest BCUT2D eigenvalue weighted by molar-refractivity contribution is -0.306. The minimum Gasteiger partial charge on any atom is -0.309 e. The third-order valence-corrected chi connectivity index (χ3v) is 1.77. The minimum absolute atomic E-state index is 0.792. The van der Waals surface area contributed by atoms with Crippen LogP contribution < -0.4 is 5.32 Å². The molecule has 1 N–H and O–H groups in total. The quantitative estimate of drug-likeness (QED) is 0.659. The predicted molar refractivity (Wildman–Crippen MR) is 34.1 cm³/mol. The molecule has 0 aliphatic heterocycles. The van der Waals surface area contributed by atoms with Crippen LogP contribution in [0.1, 0.15) is 13.8 Å². The first-order chi connectivity index (χ1) is 5.06. The maximum Gasteiger partial charge on any atom is 0.455 e. The van der Waals surface area contributed by atoms with Crippen molar-refractivity contribution in [2.45, 2.75) is 31.5 Å². The van der Waals surface area contributed by atoms with E-state index < -0.39 is 17.6 Å². The largest absolute Gasteiger partial charge is 0.455 e. The monoisotopic (exact) mass is 191 g/mol. The minimum atomic E-state index is -5.51. The molecule has 0 radical (unpaired) electrons. The second-order valence-electron chi connectivity index (χ2n) is 2.95. The lowest BCUT2D eigenvalue weighted by atomic mass is 9.96. The van der Waals surface area contributed by atoms with Crippen molar-refractivity contribution in [1.82, 2.24) is 5.32 Å². The van der Waals surface area contributed by atoms with Crippen molar-refractivity contribution in [1.29, 1.82) is 0 Å². The molecule has 0 rings (SSSR count). The molecule has 0 aromatic heterocycles. The number of rotatable bonds is 2. The van der Waals surface area contributed by atoms with Gasteiger partial charge in [0.05, 0.1) is 5.54 Å². The second kappa shape index (κ2) is 2.83. The van der Waals surface area contributed by atoms with Gasteiger partial charge in [0.15, 0.2) is 0 Å². The maximum atomic E-state index is 12.5. The van der Waals surface area contributed by atoms with E-state index in [-0.39, 0.29) is 0 Å². The summed E-state index contributed by atoms with van der Waals surface area (Å²) in [5, 5.41) is 1.92. The van der Waals surface area contributed by atoms with Crippen LogP contribution >= 0.6 is 0 Å². The van der Waals surface area contributed by atoms with Crippen LogP contribution in [0.25, 0.3) is 0 Å². The second-order valence-corrected chi connectivity index (χ2v) is 2.95. The summed E-state index contributed by atoms with van der Waals surface area (Å²) in [4.78, 5) is 0. The molecule has 0 atom stereocenters. The van der Waals surface area contributed by atoms with E-state index in [1.165, 1.54) is 0 Å². The molecule has 0 saturated heterocycles. The summed E-state index contributed by atoms with van der Waals surface area (Å²) < 4.78 is 60.2. The summed E-state index contributed by atoms with van der Waals surface area (Å²) in [6, 6.07) is 0. The fourth-order valence-corrected chi connectivity index (χ4v) is 0.511. The first kappa shape index (κ1) is 11.6. The van der Waals surface area contributed by atoms with Gasteiger partial charge in [-0.1, -0.05) is 0 Å². The Labute approximate surface area is 66.9 Å². The van der Waals surface area contributed by atoms with E-state index in [1.807, 2.05) is 5.32 Å². The zero-order chi connectivity index (χ0) is 10.2. The fraction of sp³-hybridized carbons (Fsp3) is 1.00. The Kier molecular flexibility index (Phi) is 2.74. The highest BCUT2D eigenvalue weighted by molar-refractivity contribution is 4.96. The van der Waals surface area contributed by atoms with Gasteiger partial charge in [0.1, 0.15) is 0 Å². The van der Waals surface area contributed by atoms with Crippen molar-refractivity contribution < 1.29 is 22.0 Å². The highest BCUT2D eigenvalue weighted by atomic mass is 19.4. The van der Waals surface area contributed by atoms with Gasteiger partial charge in [-0.2, -0.15) is 22.0 Å². The summed E-state index contributed by atoms with van der Waals surface area (Å²) in [6.45, 7) is 1.58. The lowest BCUT2D eigenvalue weighted by Gasteiger charge is -2.34. The standard InChI is InChI=1S/C6H10F5N/c1-4(2,12-3)5(7,8)6(9,10)11/h12H,1-3H3. The van der Waals surface area contributed by atoms with Crippen LogP contribution in [0, 0.1) is 0 Å². The molecule has 0 saturated carbocycles. The SMILES string of the molecule is CNC(C)(C)C(F)(F)C(F)(F)F. The third-order valence-electron chi connectivity index (χ3n) is 1.77. The van der Waals surface area contributed by atoms with E-state index in [1.54, 1.807) is 0 Å². The molecule has 0 aliphatic carbocycles. The molecule has 12 heavy (non-hydrogen) atoms. The fourth-order valence-electron chi connectivity index (χ4n) is 0.511. The molecule has 1 nitrogen and oxygen atoms in total. The molecule has 0 fully saturated rings. The van der Waals surface area contributed by atoms with E-state index >= 15 is 0 Å². The number of hydrogen-bond donors (Lipinski definition) is 1. The lowest BCUT2D eigenvalue weighted by Crippen LogP contribution is -2.60. The Balaban J connectivity index is 4.85. The van der Waals surface area contributed by atoms with Gasteiger partial charge in [0.2, 0.25) is 0 Å². The van der Waals surface area contributed by atoms with Gasteiger partial charge in [-0.3, -0.25) is 0 Å². The van der Waals surface area contributed by atoms with Gasteiger partial charge in [-0.25, -0.2) is 0 Å². The first-order valence-electron chi connectivity index (χ1n) is 3.19. The maximum absolute atomic E-state index is 12.5. The Hall–Kier alpha value is -0.390. The van der Waals surface area contributed by atoms with Crippen LogP contribution in [0.3, 0.4) is 0 Å². The molecule has 0 aromatic carbocycles. The molecule has 0 aromatic rings. The van der Waals surface area contributed by atoms with Crippen molar-refractivity contribution in [3.63, 3.8) is 0 Å². The zero-order valence-corrected chi connectivity index (χ0v) is 6.89. The normalized spacial score (nSPS) is 15.0. The molecule has 0 spiro atoms. The molecule has 6 heteroatoms. The number of halogens is 5. The van der Waals surface area contributed by atoms with E-state index in [9.17, 15) is 22.0 Å². The number of hydrogen-bond acceptors (Lipinski definition) is 1. The molecule has 0 bridgehead atoms. The van der Waals surface area contributed by atoms with Gasteiger partial charge in [0.25, 0.3) is 0 Å². The Morgan fingerprint density at radius 1 is 0.917 bits per heavy atom. The van der Waals surface area contributed by atoms with E-state index in [4.69, 9.17) is 0 Å². The van der Waals surface area contributed by atoms with Gasteiger partial charge < -0.3 is 5.32 Å². The molecule has 74 valence electrons. The van der Waals surface area contributed by atoms with Gasteiger partial charge in [-0.15, -0.1) is 0 Å². The highest BCUT2D eigenvalue weighted by Crippen LogP contribution is 2.42. The summed E-state index contributed by atoms with van der Waals surface area (Å²) in [5.74, 6) is -4.73. The smallest absolute Gasteiger partial charge is 0.309 e. The topological polar surface area (TPSA) is 12.0 Å². The molecule has 0 amide bonds. The summed E-state index contributed by atoms with van der Waals surface area (Å²) >= 11 is 0. The van der Waals surface area contributed by atoms with Crippen LogP contribution in [0.15, 0.2) is 0 Å². The highest BCUT2D eigenvalue weighted by Gasteiger charge is 2.65. The van der Waals surface area contributed by atoms with Crippen molar-refractivity contribution in [3.8, 4) is 0 Å². The van der Waals surface area contributed by atoms with Crippen LogP contribution in [0.5, 0.6) is 0 Å². The zero-order valence-electron chi connectivity index (χ0n) is 6.89.